The molecule has 1 heterocycles. The molecular weight excluding hydrogens is 236 g/mol. The highest BCUT2D eigenvalue weighted by Gasteiger charge is 2.40. The number of hydrogen-bond donors (Lipinski definition) is 2. The second-order valence-corrected chi connectivity index (χ2v) is 4.74. The molecule has 104 valence electrons. The van der Waals surface area contributed by atoms with Crippen LogP contribution in [0, 0.1) is 5.92 Å². The second-order valence-electron chi connectivity index (χ2n) is 4.74. The second kappa shape index (κ2) is 6.58. The predicted octanol–water partition coefficient (Wildman–Crippen LogP) is 0.606. The molecule has 2 N–H and O–H groups in total. The van der Waals surface area contributed by atoms with E-state index in [0.717, 1.165) is 6.42 Å². The first-order valence-corrected chi connectivity index (χ1v) is 6.42. The first-order valence-electron chi connectivity index (χ1n) is 6.42. The summed E-state index contributed by atoms with van der Waals surface area (Å²) in [5.74, 6) is -0.974. The van der Waals surface area contributed by atoms with Gasteiger partial charge >= 0.3 is 12.0 Å². The number of carbonyl (C=O) groups excluding carboxylic acids is 1. The molecule has 1 saturated heterocycles. The summed E-state index contributed by atoms with van der Waals surface area (Å²) in [6.45, 7) is 4.96. The summed E-state index contributed by atoms with van der Waals surface area (Å²) in [7, 11) is 0. The molecule has 2 unspecified atom stereocenters. The highest BCUT2D eigenvalue weighted by molar-refractivity contribution is 5.83. The zero-order valence-electron chi connectivity index (χ0n) is 11.0. The molecule has 0 aromatic heterocycles. The van der Waals surface area contributed by atoms with E-state index in [1.165, 1.54) is 9.80 Å². The van der Waals surface area contributed by atoms with E-state index in [4.69, 9.17) is 5.11 Å². The maximum absolute atomic E-state index is 12.3. The van der Waals surface area contributed by atoms with Crippen LogP contribution in [0.25, 0.3) is 0 Å². The van der Waals surface area contributed by atoms with Gasteiger partial charge in [0, 0.05) is 19.6 Å². The fraction of sp³-hybridized carbons (Fsp3) is 0.833. The minimum atomic E-state index is -0.950. The van der Waals surface area contributed by atoms with Crippen molar-refractivity contribution in [3.8, 4) is 0 Å². The van der Waals surface area contributed by atoms with E-state index in [1.54, 1.807) is 0 Å². The lowest BCUT2D eigenvalue weighted by atomic mass is 10.0. The SMILES string of the molecule is CCCN(CCO)C(=O)N1CCC(C)C1C(=O)O. The van der Waals surface area contributed by atoms with Crippen molar-refractivity contribution in [2.45, 2.75) is 32.7 Å². The average molecular weight is 258 g/mol. The normalized spacial score (nSPS) is 23.2. The number of aliphatic carboxylic acids is 1. The highest BCUT2D eigenvalue weighted by Crippen LogP contribution is 2.25. The van der Waals surface area contributed by atoms with Gasteiger partial charge in [-0.15, -0.1) is 0 Å². The Labute approximate surface area is 107 Å². The minimum Gasteiger partial charge on any atom is -0.480 e. The summed E-state index contributed by atoms with van der Waals surface area (Å²) in [5, 5.41) is 18.1. The molecule has 6 nitrogen and oxygen atoms in total. The van der Waals surface area contributed by atoms with Gasteiger partial charge in [-0.2, -0.15) is 0 Å². The monoisotopic (exact) mass is 258 g/mol. The number of urea groups is 1. The number of nitrogens with zero attached hydrogens (tertiary/aromatic N) is 2. The van der Waals surface area contributed by atoms with Crippen molar-refractivity contribution in [2.75, 3.05) is 26.2 Å². The molecule has 2 amide bonds. The van der Waals surface area contributed by atoms with Crippen LogP contribution in [0.1, 0.15) is 26.7 Å². The first-order chi connectivity index (χ1) is 8.52. The van der Waals surface area contributed by atoms with Gasteiger partial charge in [-0.3, -0.25) is 0 Å². The minimum absolute atomic E-state index is 0.0240. The summed E-state index contributed by atoms with van der Waals surface area (Å²) in [4.78, 5) is 26.4. The Balaban J connectivity index is 2.77. The summed E-state index contributed by atoms with van der Waals surface area (Å²) in [6.07, 6.45) is 1.49. The fourth-order valence-corrected chi connectivity index (χ4v) is 2.41. The van der Waals surface area contributed by atoms with Crippen LogP contribution in [0.5, 0.6) is 0 Å². The van der Waals surface area contributed by atoms with Gasteiger partial charge in [0.15, 0.2) is 0 Å². The van der Waals surface area contributed by atoms with Crippen molar-refractivity contribution in [1.29, 1.82) is 0 Å². The van der Waals surface area contributed by atoms with Crippen LogP contribution in [0.3, 0.4) is 0 Å². The molecule has 0 aliphatic carbocycles. The lowest BCUT2D eigenvalue weighted by molar-refractivity contribution is -0.142. The number of rotatable bonds is 5. The third-order valence-corrected chi connectivity index (χ3v) is 3.33. The molecular formula is C12H22N2O4. The topological polar surface area (TPSA) is 81.1 Å². The molecule has 0 aromatic carbocycles. The fourth-order valence-electron chi connectivity index (χ4n) is 2.41. The van der Waals surface area contributed by atoms with Crippen molar-refractivity contribution < 1.29 is 19.8 Å². The molecule has 0 bridgehead atoms. The van der Waals surface area contributed by atoms with Crippen molar-refractivity contribution in [3.63, 3.8) is 0 Å². The van der Waals surface area contributed by atoms with Crippen LogP contribution in [0.4, 0.5) is 4.79 Å². The van der Waals surface area contributed by atoms with Gasteiger partial charge in [0.25, 0.3) is 0 Å². The van der Waals surface area contributed by atoms with Crippen LogP contribution in [0.2, 0.25) is 0 Å². The Morgan fingerprint density at radius 1 is 1.39 bits per heavy atom. The smallest absolute Gasteiger partial charge is 0.326 e. The van der Waals surface area contributed by atoms with E-state index in [1.807, 2.05) is 13.8 Å². The third kappa shape index (κ3) is 3.13. The summed E-state index contributed by atoms with van der Waals surface area (Å²) >= 11 is 0. The molecule has 1 aliphatic heterocycles. The summed E-state index contributed by atoms with van der Waals surface area (Å²) < 4.78 is 0. The molecule has 0 saturated carbocycles. The first kappa shape index (κ1) is 14.8. The van der Waals surface area contributed by atoms with Crippen LogP contribution in [-0.2, 0) is 4.79 Å². The number of carbonyl (C=O) groups is 2. The number of hydrogen-bond acceptors (Lipinski definition) is 3. The molecule has 0 spiro atoms. The van der Waals surface area contributed by atoms with E-state index in [2.05, 4.69) is 0 Å². The van der Waals surface area contributed by atoms with Crippen molar-refractivity contribution >= 4 is 12.0 Å². The maximum atomic E-state index is 12.3. The molecule has 1 aliphatic rings. The standard InChI is InChI=1S/C12H22N2O4/c1-3-5-13(7-8-15)12(18)14-6-4-9(2)10(14)11(16)17/h9-10,15H,3-8H2,1-2H3,(H,16,17). The number of amides is 2. The van der Waals surface area contributed by atoms with Gasteiger partial charge in [0.05, 0.1) is 6.61 Å². The Bertz CT molecular complexity index is 302. The number of likely N-dealkylation sites (tertiary alicyclic amines) is 1. The molecule has 1 rings (SSSR count). The van der Waals surface area contributed by atoms with Gasteiger partial charge in [-0.25, -0.2) is 9.59 Å². The highest BCUT2D eigenvalue weighted by atomic mass is 16.4. The van der Waals surface area contributed by atoms with Gasteiger partial charge in [0.2, 0.25) is 0 Å². The quantitative estimate of drug-likeness (QED) is 0.757. The van der Waals surface area contributed by atoms with Crippen molar-refractivity contribution in [1.82, 2.24) is 9.80 Å². The van der Waals surface area contributed by atoms with Crippen molar-refractivity contribution in [3.05, 3.63) is 0 Å². The van der Waals surface area contributed by atoms with Crippen LogP contribution < -0.4 is 0 Å². The van der Waals surface area contributed by atoms with Crippen LogP contribution in [-0.4, -0.2) is 64.3 Å². The molecule has 1 fully saturated rings. The number of aliphatic hydroxyl groups excluding tert-OH is 1. The van der Waals surface area contributed by atoms with Gasteiger partial charge < -0.3 is 20.0 Å². The molecule has 0 aromatic rings. The maximum Gasteiger partial charge on any atom is 0.326 e. The molecule has 18 heavy (non-hydrogen) atoms. The van der Waals surface area contributed by atoms with E-state index in [-0.39, 0.29) is 25.1 Å². The van der Waals surface area contributed by atoms with Crippen LogP contribution >= 0.6 is 0 Å². The van der Waals surface area contributed by atoms with Gasteiger partial charge in [0.1, 0.15) is 6.04 Å². The zero-order chi connectivity index (χ0) is 13.7. The van der Waals surface area contributed by atoms with Gasteiger partial charge in [-0.05, 0) is 18.8 Å². The predicted molar refractivity (Wildman–Crippen MR) is 66.3 cm³/mol. The summed E-state index contributed by atoms with van der Waals surface area (Å²) in [5.41, 5.74) is 0. The van der Waals surface area contributed by atoms with Gasteiger partial charge in [-0.1, -0.05) is 13.8 Å². The largest absolute Gasteiger partial charge is 0.480 e. The average Bonchev–Trinajstić information content (AvgIpc) is 2.70. The Kier molecular flexibility index (Phi) is 5.40. The Hall–Kier alpha value is -1.30. The van der Waals surface area contributed by atoms with E-state index >= 15 is 0 Å². The molecule has 6 heteroatoms. The Morgan fingerprint density at radius 3 is 2.56 bits per heavy atom. The van der Waals surface area contributed by atoms with E-state index in [0.29, 0.717) is 19.5 Å². The number of aliphatic hydroxyl groups is 1. The van der Waals surface area contributed by atoms with E-state index < -0.39 is 12.0 Å². The molecule has 2 atom stereocenters. The van der Waals surface area contributed by atoms with Crippen LogP contribution in [0.15, 0.2) is 0 Å². The van der Waals surface area contributed by atoms with E-state index in [9.17, 15) is 14.7 Å². The lowest BCUT2D eigenvalue weighted by Crippen LogP contribution is -2.50. The summed E-state index contributed by atoms with van der Waals surface area (Å²) in [6, 6.07) is -1.02. The van der Waals surface area contributed by atoms with Crippen molar-refractivity contribution in [2.24, 2.45) is 5.92 Å². The zero-order valence-corrected chi connectivity index (χ0v) is 11.0. The number of carboxylic acids is 1. The lowest BCUT2D eigenvalue weighted by Gasteiger charge is -2.30. The Morgan fingerprint density at radius 2 is 2.06 bits per heavy atom. The number of carboxylic acid groups (broad SMARTS) is 1. The molecule has 0 radical (unpaired) electrons. The third-order valence-electron chi connectivity index (χ3n) is 3.33.